The van der Waals surface area contributed by atoms with Crippen LogP contribution in [0, 0.1) is 11.6 Å². The molecule has 0 saturated heterocycles. The highest BCUT2D eigenvalue weighted by Crippen LogP contribution is 2.28. The Balaban J connectivity index is 2.96. The molecule has 0 amide bonds. The molecule has 1 heterocycles. The predicted molar refractivity (Wildman–Crippen MR) is 59.0 cm³/mol. The van der Waals surface area contributed by atoms with Gasteiger partial charge in [-0.15, -0.1) is 0 Å². The average Bonchev–Trinajstić information content (AvgIpc) is 2.21. The van der Waals surface area contributed by atoms with Crippen LogP contribution in [0.15, 0.2) is 11.1 Å². The topological polar surface area (TPSA) is 71.2 Å². The summed E-state index contributed by atoms with van der Waals surface area (Å²) in [6.07, 6.45) is -0.620. The zero-order chi connectivity index (χ0) is 12.3. The van der Waals surface area contributed by atoms with Crippen molar-refractivity contribution < 1.29 is 13.9 Å². The van der Waals surface area contributed by atoms with Crippen LogP contribution in [0.2, 0.25) is 0 Å². The molecule has 0 fully saturated rings. The first-order valence-corrected chi connectivity index (χ1v) is 5.51. The number of nitrogen functional groups attached to an aromatic ring is 1. The number of aromatic nitrogens is 1. The molecule has 7 heteroatoms. The van der Waals surface area contributed by atoms with Gasteiger partial charge in [0.15, 0.2) is 17.5 Å². The lowest BCUT2D eigenvalue weighted by atomic mass is 10.3. The second kappa shape index (κ2) is 5.42. The number of halogens is 2. The number of hydrogen-bond acceptors (Lipinski definition) is 5. The number of hydrazine groups is 1. The quantitative estimate of drug-likeness (QED) is 0.428. The second-order valence-corrected chi connectivity index (χ2v) is 4.68. The summed E-state index contributed by atoms with van der Waals surface area (Å²) in [6.45, 7) is 3.30. The predicted octanol–water partition coefficient (Wildman–Crippen LogP) is 1.51. The highest BCUT2D eigenvalue weighted by atomic mass is 32.2. The zero-order valence-electron chi connectivity index (χ0n) is 8.87. The molecule has 2 unspecified atom stereocenters. The van der Waals surface area contributed by atoms with Crippen molar-refractivity contribution >= 4 is 17.6 Å². The largest absolute Gasteiger partial charge is 0.392 e. The highest BCUT2D eigenvalue weighted by molar-refractivity contribution is 7.99. The van der Waals surface area contributed by atoms with Crippen LogP contribution in [-0.4, -0.2) is 21.4 Å². The van der Waals surface area contributed by atoms with E-state index in [1.807, 2.05) is 5.43 Å². The second-order valence-electron chi connectivity index (χ2n) is 3.31. The Morgan fingerprint density at radius 2 is 2.06 bits per heavy atom. The molecule has 0 saturated carbocycles. The van der Waals surface area contributed by atoms with Gasteiger partial charge in [-0.25, -0.2) is 19.6 Å². The van der Waals surface area contributed by atoms with Crippen molar-refractivity contribution in [2.24, 2.45) is 5.84 Å². The highest BCUT2D eigenvalue weighted by Gasteiger charge is 2.17. The number of thioether (sulfide) groups is 1. The Labute approximate surface area is 96.2 Å². The Bertz CT molecular complexity index is 376. The molecule has 0 aromatic carbocycles. The molecule has 1 aromatic heterocycles. The van der Waals surface area contributed by atoms with Gasteiger partial charge in [0.2, 0.25) is 0 Å². The zero-order valence-corrected chi connectivity index (χ0v) is 9.68. The average molecular weight is 249 g/mol. The summed E-state index contributed by atoms with van der Waals surface area (Å²) in [5.74, 6) is 3.18. The maximum atomic E-state index is 13.3. The summed E-state index contributed by atoms with van der Waals surface area (Å²) < 4.78 is 26.3. The first kappa shape index (κ1) is 13.1. The lowest BCUT2D eigenvalue weighted by Gasteiger charge is -2.14. The third-order valence-electron chi connectivity index (χ3n) is 2.01. The number of nitrogens with zero attached hydrogens (tertiary/aromatic N) is 1. The van der Waals surface area contributed by atoms with Crippen molar-refractivity contribution in [3.8, 4) is 0 Å². The van der Waals surface area contributed by atoms with Gasteiger partial charge in [0.1, 0.15) is 5.03 Å². The fourth-order valence-electron chi connectivity index (χ4n) is 0.908. The SMILES string of the molecule is CC(O)C(C)Sc1nc(NN)c(F)cc1F. The minimum absolute atomic E-state index is 0.00255. The maximum absolute atomic E-state index is 13.3. The summed E-state index contributed by atoms with van der Waals surface area (Å²) in [5, 5.41) is 9.02. The van der Waals surface area contributed by atoms with Gasteiger partial charge >= 0.3 is 0 Å². The number of hydrogen-bond donors (Lipinski definition) is 3. The molecule has 0 bridgehead atoms. The number of nitrogens with one attached hydrogen (secondary N) is 1. The number of aliphatic hydroxyl groups is 1. The summed E-state index contributed by atoms with van der Waals surface area (Å²) in [7, 11) is 0. The van der Waals surface area contributed by atoms with E-state index < -0.39 is 17.7 Å². The van der Waals surface area contributed by atoms with Gasteiger partial charge in [-0.1, -0.05) is 18.7 Å². The number of rotatable bonds is 4. The van der Waals surface area contributed by atoms with Crippen molar-refractivity contribution in [3.63, 3.8) is 0 Å². The third-order valence-corrected chi connectivity index (χ3v) is 3.29. The van der Waals surface area contributed by atoms with Crippen molar-refractivity contribution in [2.45, 2.75) is 30.2 Å². The van der Waals surface area contributed by atoms with Crippen LogP contribution < -0.4 is 11.3 Å². The molecular formula is C9H13F2N3OS. The standard InChI is InChI=1S/C9H13F2N3OS/c1-4(15)5(2)16-9-7(11)3-6(10)8(13-9)14-12/h3-5,15H,12H2,1-2H3,(H,13,14). The molecule has 0 aliphatic rings. The minimum Gasteiger partial charge on any atom is -0.392 e. The van der Waals surface area contributed by atoms with Crippen molar-refractivity contribution in [1.29, 1.82) is 0 Å². The summed E-state index contributed by atoms with van der Waals surface area (Å²) in [5.41, 5.74) is 2.04. The van der Waals surface area contributed by atoms with Gasteiger partial charge in [0.05, 0.1) is 6.10 Å². The lowest BCUT2D eigenvalue weighted by Crippen LogP contribution is -2.16. The van der Waals surface area contributed by atoms with Crippen LogP contribution >= 0.6 is 11.8 Å². The fourth-order valence-corrected chi connectivity index (χ4v) is 1.77. The Morgan fingerprint density at radius 3 is 2.56 bits per heavy atom. The molecule has 2 atom stereocenters. The molecule has 4 N–H and O–H groups in total. The summed E-state index contributed by atoms with van der Waals surface area (Å²) in [4.78, 5) is 3.68. The summed E-state index contributed by atoms with van der Waals surface area (Å²) >= 11 is 1.02. The Hall–Kier alpha value is -0.920. The van der Waals surface area contributed by atoms with E-state index in [0.717, 1.165) is 11.8 Å². The third kappa shape index (κ3) is 3.03. The van der Waals surface area contributed by atoms with Crippen molar-refractivity contribution in [2.75, 3.05) is 5.43 Å². The molecule has 0 aliphatic carbocycles. The monoisotopic (exact) mass is 249 g/mol. The van der Waals surface area contributed by atoms with E-state index in [1.54, 1.807) is 13.8 Å². The number of pyridine rings is 1. The van der Waals surface area contributed by atoms with Crippen molar-refractivity contribution in [1.82, 2.24) is 4.98 Å². The van der Waals surface area contributed by atoms with E-state index in [4.69, 9.17) is 5.84 Å². The van der Waals surface area contributed by atoms with E-state index >= 15 is 0 Å². The van der Waals surface area contributed by atoms with Gasteiger partial charge in [-0.3, -0.25) is 0 Å². The molecule has 1 rings (SSSR count). The number of nitrogens with two attached hydrogens (primary N) is 1. The summed E-state index contributed by atoms with van der Waals surface area (Å²) in [6, 6.07) is 0.708. The van der Waals surface area contributed by atoms with Crippen LogP contribution in [0.4, 0.5) is 14.6 Å². The van der Waals surface area contributed by atoms with Gasteiger partial charge in [-0.05, 0) is 6.92 Å². The number of anilines is 1. The van der Waals surface area contributed by atoms with Crippen LogP contribution in [0.1, 0.15) is 13.8 Å². The molecular weight excluding hydrogens is 236 g/mol. The minimum atomic E-state index is -0.853. The number of aliphatic hydroxyl groups excluding tert-OH is 1. The lowest BCUT2D eigenvalue weighted by molar-refractivity contribution is 0.196. The molecule has 16 heavy (non-hydrogen) atoms. The van der Waals surface area contributed by atoms with Crippen LogP contribution in [0.5, 0.6) is 0 Å². The van der Waals surface area contributed by atoms with Crippen LogP contribution in [0.3, 0.4) is 0 Å². The molecule has 1 aromatic rings. The van der Waals surface area contributed by atoms with E-state index in [2.05, 4.69) is 4.98 Å². The van der Waals surface area contributed by atoms with Gasteiger partial charge < -0.3 is 10.5 Å². The first-order chi connectivity index (χ1) is 7.45. The Morgan fingerprint density at radius 1 is 1.44 bits per heavy atom. The van der Waals surface area contributed by atoms with E-state index in [-0.39, 0.29) is 16.1 Å². The van der Waals surface area contributed by atoms with E-state index in [9.17, 15) is 13.9 Å². The Kier molecular flexibility index (Phi) is 4.45. The van der Waals surface area contributed by atoms with Gasteiger partial charge in [0.25, 0.3) is 0 Å². The molecule has 90 valence electrons. The molecule has 4 nitrogen and oxygen atoms in total. The van der Waals surface area contributed by atoms with E-state index in [1.165, 1.54) is 0 Å². The smallest absolute Gasteiger partial charge is 0.177 e. The van der Waals surface area contributed by atoms with Crippen LogP contribution in [0.25, 0.3) is 0 Å². The fraction of sp³-hybridized carbons (Fsp3) is 0.444. The van der Waals surface area contributed by atoms with Crippen LogP contribution in [-0.2, 0) is 0 Å². The molecule has 0 spiro atoms. The molecule has 0 aliphatic heterocycles. The normalized spacial score (nSPS) is 14.6. The first-order valence-electron chi connectivity index (χ1n) is 4.63. The molecule has 0 radical (unpaired) electrons. The van der Waals surface area contributed by atoms with E-state index in [0.29, 0.717) is 6.07 Å². The van der Waals surface area contributed by atoms with Gasteiger partial charge in [0, 0.05) is 11.3 Å². The van der Waals surface area contributed by atoms with Gasteiger partial charge in [-0.2, -0.15) is 0 Å². The maximum Gasteiger partial charge on any atom is 0.177 e. The van der Waals surface area contributed by atoms with Crippen molar-refractivity contribution in [3.05, 3.63) is 17.7 Å².